The van der Waals surface area contributed by atoms with Gasteiger partial charge in [0.25, 0.3) is 0 Å². The Morgan fingerprint density at radius 2 is 1.95 bits per heavy atom. The zero-order valence-electron chi connectivity index (χ0n) is 11.5. The molecule has 0 saturated heterocycles. The van der Waals surface area contributed by atoms with E-state index >= 15 is 0 Å². The lowest BCUT2D eigenvalue weighted by molar-refractivity contribution is 0.101. The number of rotatable bonds is 8. The van der Waals surface area contributed by atoms with Gasteiger partial charge in [0, 0.05) is 25.3 Å². The number of carbonyl (C=O) groups excluding carboxylic acids is 1. The number of aliphatic hydroxyl groups excluding tert-OH is 1. The van der Waals surface area contributed by atoms with Crippen molar-refractivity contribution in [1.82, 2.24) is 4.72 Å². The summed E-state index contributed by atoms with van der Waals surface area (Å²) in [5.74, 6) is -0.126. The molecule has 0 aliphatic heterocycles. The number of methoxy groups -OCH3 is 1. The van der Waals surface area contributed by atoms with Crippen LogP contribution in [0.5, 0.6) is 0 Å². The highest BCUT2D eigenvalue weighted by atomic mass is 32.2. The highest BCUT2D eigenvalue weighted by Crippen LogP contribution is 2.12. The summed E-state index contributed by atoms with van der Waals surface area (Å²) in [6.45, 7) is 1.45. The molecule has 0 aliphatic carbocycles. The Kier molecular flexibility index (Phi) is 6.28. The first kappa shape index (κ1) is 16.8. The molecule has 2 N–H and O–H groups in total. The zero-order chi connectivity index (χ0) is 15.2. The van der Waals surface area contributed by atoms with Crippen LogP contribution in [0.25, 0.3) is 0 Å². The van der Waals surface area contributed by atoms with Crippen LogP contribution in [0.4, 0.5) is 0 Å². The normalized spacial score (nSPS) is 13.2. The maximum Gasteiger partial charge on any atom is 0.240 e. The molecular formula is C13H19NO5S. The Hall–Kier alpha value is -1.28. The molecule has 1 aromatic rings. The Morgan fingerprint density at radius 1 is 1.35 bits per heavy atom. The average Bonchev–Trinajstić information content (AvgIpc) is 2.39. The molecule has 0 aromatic heterocycles. The molecule has 7 heteroatoms. The van der Waals surface area contributed by atoms with Gasteiger partial charge < -0.3 is 9.84 Å². The van der Waals surface area contributed by atoms with Gasteiger partial charge in [-0.05, 0) is 25.5 Å². The van der Waals surface area contributed by atoms with Crippen LogP contribution in [0.3, 0.4) is 0 Å². The van der Waals surface area contributed by atoms with Crippen molar-refractivity contribution < 1.29 is 23.1 Å². The standard InChI is InChI=1S/C13H19NO5S/c1-10(16)11-3-5-13(6-4-11)20(17,18)14-12(7-8-15)9-19-2/h3-6,12,14-15H,7-9H2,1-2H3. The highest BCUT2D eigenvalue weighted by molar-refractivity contribution is 7.89. The third kappa shape index (κ3) is 4.68. The lowest BCUT2D eigenvalue weighted by Gasteiger charge is -2.17. The summed E-state index contributed by atoms with van der Waals surface area (Å²) in [6.07, 6.45) is 0.262. The van der Waals surface area contributed by atoms with Crippen LogP contribution in [0.1, 0.15) is 23.7 Å². The molecule has 112 valence electrons. The van der Waals surface area contributed by atoms with E-state index in [1.807, 2.05) is 0 Å². The number of ether oxygens (including phenoxy) is 1. The minimum atomic E-state index is -3.70. The van der Waals surface area contributed by atoms with E-state index in [4.69, 9.17) is 9.84 Å². The number of hydrogen-bond donors (Lipinski definition) is 2. The van der Waals surface area contributed by atoms with Crippen LogP contribution in [0.15, 0.2) is 29.2 Å². The monoisotopic (exact) mass is 301 g/mol. The Bertz CT molecular complexity index is 532. The summed E-state index contributed by atoms with van der Waals surface area (Å²) in [5, 5.41) is 8.90. The van der Waals surface area contributed by atoms with E-state index < -0.39 is 16.1 Å². The molecule has 0 bridgehead atoms. The van der Waals surface area contributed by atoms with E-state index in [0.717, 1.165) is 0 Å². The summed E-state index contributed by atoms with van der Waals surface area (Å²) in [6, 6.07) is 5.19. The first-order chi connectivity index (χ1) is 9.40. The number of ketones is 1. The van der Waals surface area contributed by atoms with Gasteiger partial charge in [0.2, 0.25) is 10.0 Å². The summed E-state index contributed by atoms with van der Waals surface area (Å²) >= 11 is 0. The zero-order valence-corrected chi connectivity index (χ0v) is 12.3. The van der Waals surface area contributed by atoms with Crippen molar-refractivity contribution >= 4 is 15.8 Å². The van der Waals surface area contributed by atoms with Crippen molar-refractivity contribution in [3.63, 3.8) is 0 Å². The van der Waals surface area contributed by atoms with Crippen molar-refractivity contribution in [2.75, 3.05) is 20.3 Å². The van der Waals surface area contributed by atoms with Crippen LogP contribution in [-0.2, 0) is 14.8 Å². The Morgan fingerprint density at radius 3 is 2.40 bits per heavy atom. The molecule has 0 spiro atoms. The van der Waals surface area contributed by atoms with Crippen molar-refractivity contribution in [1.29, 1.82) is 0 Å². The Labute approximate surface area is 118 Å². The van der Waals surface area contributed by atoms with E-state index in [9.17, 15) is 13.2 Å². The van der Waals surface area contributed by atoms with Gasteiger partial charge in [0.15, 0.2) is 5.78 Å². The maximum absolute atomic E-state index is 12.1. The third-order valence-electron chi connectivity index (χ3n) is 2.74. The second-order valence-corrected chi connectivity index (χ2v) is 6.08. The first-order valence-corrected chi connectivity index (χ1v) is 7.62. The molecular weight excluding hydrogens is 282 g/mol. The molecule has 6 nitrogen and oxygen atoms in total. The number of Topliss-reactive ketones (excluding diaryl/α,β-unsaturated/α-hetero) is 1. The topological polar surface area (TPSA) is 92.7 Å². The van der Waals surface area contributed by atoms with Gasteiger partial charge >= 0.3 is 0 Å². The molecule has 0 amide bonds. The summed E-state index contributed by atoms with van der Waals surface area (Å²) in [5.41, 5.74) is 0.452. The SMILES string of the molecule is COCC(CCO)NS(=O)(=O)c1ccc(C(C)=O)cc1. The molecule has 1 atom stereocenters. The van der Waals surface area contributed by atoms with Crippen LogP contribution in [0, 0.1) is 0 Å². The molecule has 0 radical (unpaired) electrons. The van der Waals surface area contributed by atoms with Crippen molar-refractivity contribution in [3.8, 4) is 0 Å². The Balaban J connectivity index is 2.89. The fourth-order valence-corrected chi connectivity index (χ4v) is 2.94. The molecule has 0 fully saturated rings. The van der Waals surface area contributed by atoms with Crippen molar-refractivity contribution in [2.45, 2.75) is 24.3 Å². The fourth-order valence-electron chi connectivity index (χ4n) is 1.69. The van der Waals surface area contributed by atoms with E-state index in [0.29, 0.717) is 5.56 Å². The van der Waals surface area contributed by atoms with Crippen LogP contribution < -0.4 is 4.72 Å². The summed E-state index contributed by atoms with van der Waals surface area (Å²) in [4.78, 5) is 11.2. The molecule has 1 rings (SSSR count). The fraction of sp³-hybridized carbons (Fsp3) is 0.462. The van der Waals surface area contributed by atoms with Gasteiger partial charge in [-0.15, -0.1) is 0 Å². The quantitative estimate of drug-likeness (QED) is 0.685. The van der Waals surface area contributed by atoms with Crippen LogP contribution in [0.2, 0.25) is 0 Å². The predicted molar refractivity (Wildman–Crippen MR) is 74.1 cm³/mol. The van der Waals surface area contributed by atoms with E-state index in [1.165, 1.54) is 38.3 Å². The minimum absolute atomic E-state index is 0.0709. The molecule has 1 aromatic carbocycles. The molecule has 0 heterocycles. The van der Waals surface area contributed by atoms with Gasteiger partial charge in [-0.2, -0.15) is 0 Å². The lowest BCUT2D eigenvalue weighted by Crippen LogP contribution is -2.38. The highest BCUT2D eigenvalue weighted by Gasteiger charge is 2.19. The molecule has 20 heavy (non-hydrogen) atoms. The number of aliphatic hydroxyl groups is 1. The van der Waals surface area contributed by atoms with E-state index in [1.54, 1.807) is 0 Å². The van der Waals surface area contributed by atoms with Gasteiger partial charge in [-0.1, -0.05) is 12.1 Å². The predicted octanol–water partition coefficient (Wildman–Crippen LogP) is 0.565. The number of sulfonamides is 1. The summed E-state index contributed by atoms with van der Waals surface area (Å²) in [7, 11) is -2.24. The minimum Gasteiger partial charge on any atom is -0.396 e. The van der Waals surface area contributed by atoms with Gasteiger partial charge in [0.05, 0.1) is 11.5 Å². The van der Waals surface area contributed by atoms with Crippen molar-refractivity contribution in [3.05, 3.63) is 29.8 Å². The van der Waals surface area contributed by atoms with Gasteiger partial charge in [0.1, 0.15) is 0 Å². The van der Waals surface area contributed by atoms with Crippen molar-refractivity contribution in [2.24, 2.45) is 0 Å². The lowest BCUT2D eigenvalue weighted by atomic mass is 10.2. The molecule has 0 saturated carbocycles. The molecule has 1 unspecified atom stereocenters. The van der Waals surface area contributed by atoms with E-state index in [2.05, 4.69) is 4.72 Å². The first-order valence-electron chi connectivity index (χ1n) is 6.14. The number of nitrogens with one attached hydrogen (secondary N) is 1. The van der Waals surface area contributed by atoms with E-state index in [-0.39, 0.29) is 30.3 Å². The van der Waals surface area contributed by atoms with Gasteiger partial charge in [-0.3, -0.25) is 4.79 Å². The summed E-state index contributed by atoms with van der Waals surface area (Å²) < 4.78 is 31.6. The smallest absolute Gasteiger partial charge is 0.240 e. The second kappa shape index (κ2) is 7.49. The molecule has 0 aliphatic rings. The van der Waals surface area contributed by atoms with Gasteiger partial charge in [-0.25, -0.2) is 13.1 Å². The largest absolute Gasteiger partial charge is 0.396 e. The number of benzene rings is 1. The number of hydrogen-bond acceptors (Lipinski definition) is 5. The van der Waals surface area contributed by atoms with Crippen LogP contribution in [-0.4, -0.2) is 45.7 Å². The number of carbonyl (C=O) groups is 1. The van der Waals surface area contributed by atoms with Crippen LogP contribution >= 0.6 is 0 Å². The maximum atomic E-state index is 12.1. The third-order valence-corrected chi connectivity index (χ3v) is 4.27. The second-order valence-electron chi connectivity index (χ2n) is 4.37. The average molecular weight is 301 g/mol.